The van der Waals surface area contributed by atoms with E-state index in [1.165, 1.54) is 0 Å². The lowest BCUT2D eigenvalue weighted by Crippen LogP contribution is -2.05. The zero-order valence-corrected chi connectivity index (χ0v) is 11.7. The van der Waals surface area contributed by atoms with Gasteiger partial charge >= 0.3 is 11.0 Å². The van der Waals surface area contributed by atoms with Crippen molar-refractivity contribution < 1.29 is 39.5 Å². The number of hydrogen-bond donors (Lipinski definition) is 0. The van der Waals surface area contributed by atoms with Gasteiger partial charge in [0.1, 0.15) is 11.5 Å². The molecule has 0 spiro atoms. The molecule has 0 bridgehead atoms. The molecule has 118 valence electrons. The van der Waals surface area contributed by atoms with Crippen LogP contribution in [0, 0.1) is 0 Å². The zero-order chi connectivity index (χ0) is 16.3. The minimum absolute atomic E-state index is 0.145. The Morgan fingerprint density at radius 1 is 0.905 bits per heavy atom. The Morgan fingerprint density at radius 2 is 1.29 bits per heavy atom. The van der Waals surface area contributed by atoms with Gasteiger partial charge in [0.25, 0.3) is 0 Å². The maximum atomic E-state index is 12.0. The summed E-state index contributed by atoms with van der Waals surface area (Å²) in [4.78, 5) is 11.2. The highest BCUT2D eigenvalue weighted by Gasteiger charge is 2.33. The van der Waals surface area contributed by atoms with Crippen molar-refractivity contribution in [1.82, 2.24) is 0 Å². The molecule has 0 unspecified atom stereocenters. The van der Waals surface area contributed by atoms with Gasteiger partial charge in [-0.25, -0.2) is 0 Å². The molecule has 0 saturated carbocycles. The Bertz CT molecular complexity index is 478. The van der Waals surface area contributed by atoms with E-state index in [9.17, 15) is 31.1 Å². The Labute approximate surface area is 123 Å². The van der Waals surface area contributed by atoms with Crippen LogP contribution in [0.3, 0.4) is 0 Å². The standard InChI is InChI=1S/C10H6F6O3S2/c1-5(17)6-2-7(18-20-9(11,12)13)4-8(3-6)19-21-10(14,15)16/h2-4H,1H3. The number of carbonyl (C=O) groups excluding carboxylic acids is 1. The van der Waals surface area contributed by atoms with Gasteiger partial charge in [-0.15, -0.1) is 0 Å². The summed E-state index contributed by atoms with van der Waals surface area (Å²) in [5, 5.41) is 0. The first-order valence-corrected chi connectivity index (χ1v) is 6.45. The molecule has 0 amide bonds. The van der Waals surface area contributed by atoms with E-state index in [1.807, 2.05) is 0 Å². The molecule has 0 atom stereocenters. The van der Waals surface area contributed by atoms with Crippen LogP contribution in [-0.4, -0.2) is 16.8 Å². The summed E-state index contributed by atoms with van der Waals surface area (Å²) >= 11 is -1.71. The van der Waals surface area contributed by atoms with Crippen LogP contribution < -0.4 is 8.37 Å². The van der Waals surface area contributed by atoms with Crippen LogP contribution in [0.4, 0.5) is 26.3 Å². The van der Waals surface area contributed by atoms with E-state index in [0.717, 1.165) is 25.1 Å². The van der Waals surface area contributed by atoms with E-state index in [2.05, 4.69) is 8.37 Å². The summed E-state index contributed by atoms with van der Waals surface area (Å²) in [7, 11) is 0. The van der Waals surface area contributed by atoms with Crippen LogP contribution in [-0.2, 0) is 0 Å². The van der Waals surface area contributed by atoms with Gasteiger partial charge in [-0.1, -0.05) is 0 Å². The quantitative estimate of drug-likeness (QED) is 0.424. The Hall–Kier alpha value is -1.23. The lowest BCUT2D eigenvalue weighted by atomic mass is 10.1. The molecule has 1 aromatic rings. The molecule has 0 aliphatic carbocycles. The van der Waals surface area contributed by atoms with E-state index in [0.29, 0.717) is 0 Å². The summed E-state index contributed by atoms with van der Waals surface area (Å²) in [5.74, 6) is -1.48. The first-order valence-electron chi connectivity index (χ1n) is 4.97. The number of hydrogen-bond acceptors (Lipinski definition) is 5. The minimum Gasteiger partial charge on any atom is -0.417 e. The molecule has 21 heavy (non-hydrogen) atoms. The number of carbonyl (C=O) groups is 1. The Balaban J connectivity index is 2.92. The van der Waals surface area contributed by atoms with Crippen molar-refractivity contribution >= 4 is 29.9 Å². The number of ketones is 1. The summed E-state index contributed by atoms with van der Waals surface area (Å²) in [6.07, 6.45) is 0. The first-order chi connectivity index (χ1) is 9.46. The third-order valence-corrected chi connectivity index (χ3v) is 2.68. The smallest absolute Gasteiger partial charge is 0.417 e. The van der Waals surface area contributed by atoms with Gasteiger partial charge in [0.2, 0.25) is 0 Å². The average Bonchev–Trinajstić information content (AvgIpc) is 2.32. The summed E-state index contributed by atoms with van der Waals surface area (Å²) in [6, 6.07) is 2.74. The molecule has 0 aliphatic rings. The van der Waals surface area contributed by atoms with Gasteiger partial charge in [0.05, 0.1) is 0 Å². The second-order valence-electron chi connectivity index (χ2n) is 3.47. The van der Waals surface area contributed by atoms with Gasteiger partial charge in [0, 0.05) is 11.6 Å². The number of alkyl halides is 6. The van der Waals surface area contributed by atoms with Crippen LogP contribution in [0.15, 0.2) is 18.2 Å². The molecule has 1 aromatic carbocycles. The van der Waals surface area contributed by atoms with E-state index in [4.69, 9.17) is 0 Å². The maximum Gasteiger partial charge on any atom is 0.479 e. The van der Waals surface area contributed by atoms with Crippen molar-refractivity contribution in [2.75, 3.05) is 0 Å². The number of Topliss-reactive ketones (excluding diaryl/α,β-unsaturated/α-hetero) is 1. The van der Waals surface area contributed by atoms with Crippen LogP contribution in [0.25, 0.3) is 0 Å². The fourth-order valence-electron chi connectivity index (χ4n) is 1.06. The SMILES string of the molecule is CC(=O)c1cc(OSC(F)(F)F)cc(OSC(F)(F)F)c1. The fraction of sp³-hybridized carbons (Fsp3) is 0.300. The van der Waals surface area contributed by atoms with E-state index in [-0.39, 0.29) is 5.56 Å². The van der Waals surface area contributed by atoms with Crippen molar-refractivity contribution in [2.45, 2.75) is 17.9 Å². The fourth-order valence-corrected chi connectivity index (χ4v) is 1.64. The normalized spacial score (nSPS) is 12.1. The predicted octanol–water partition coefficient (Wildman–Crippen LogP) is 4.98. The average molecular weight is 352 g/mol. The van der Waals surface area contributed by atoms with Crippen molar-refractivity contribution in [3.63, 3.8) is 0 Å². The molecule has 0 heterocycles. The second kappa shape index (κ2) is 6.69. The van der Waals surface area contributed by atoms with Gasteiger partial charge < -0.3 is 8.37 Å². The van der Waals surface area contributed by atoms with Crippen molar-refractivity contribution in [3.8, 4) is 11.5 Å². The molecule has 11 heteroatoms. The molecular formula is C10H6F6O3S2. The van der Waals surface area contributed by atoms with E-state index >= 15 is 0 Å². The molecule has 0 fully saturated rings. The number of benzene rings is 1. The maximum absolute atomic E-state index is 12.0. The van der Waals surface area contributed by atoms with Crippen LogP contribution in [0.1, 0.15) is 17.3 Å². The molecule has 0 saturated heterocycles. The van der Waals surface area contributed by atoms with Gasteiger partial charge in [-0.05, 0) is 19.1 Å². The summed E-state index contributed by atoms with van der Waals surface area (Å²) < 4.78 is 80.6. The van der Waals surface area contributed by atoms with Gasteiger partial charge in [-0.3, -0.25) is 4.79 Å². The van der Waals surface area contributed by atoms with Gasteiger partial charge in [0.15, 0.2) is 29.9 Å². The first kappa shape index (κ1) is 17.8. The Morgan fingerprint density at radius 3 is 1.57 bits per heavy atom. The molecule has 0 N–H and O–H groups in total. The second-order valence-corrected chi connectivity index (χ2v) is 5.07. The van der Waals surface area contributed by atoms with Crippen LogP contribution in [0.5, 0.6) is 11.5 Å². The molecule has 1 rings (SSSR count). The zero-order valence-electron chi connectivity index (χ0n) is 10.0. The predicted molar refractivity (Wildman–Crippen MR) is 65.0 cm³/mol. The molecule has 0 aromatic heterocycles. The third kappa shape index (κ3) is 7.37. The highest BCUT2D eigenvalue weighted by molar-refractivity contribution is 7.96. The summed E-state index contributed by atoms with van der Waals surface area (Å²) in [5.41, 5.74) is -9.55. The van der Waals surface area contributed by atoms with E-state index < -0.39 is 52.4 Å². The summed E-state index contributed by atoms with van der Waals surface area (Å²) in [6.45, 7) is 1.09. The van der Waals surface area contributed by atoms with Crippen molar-refractivity contribution in [3.05, 3.63) is 23.8 Å². The highest BCUT2D eigenvalue weighted by atomic mass is 32.2. The molecule has 3 nitrogen and oxygen atoms in total. The van der Waals surface area contributed by atoms with Crippen LogP contribution >= 0.6 is 24.1 Å². The Kier molecular flexibility index (Phi) is 5.68. The van der Waals surface area contributed by atoms with Gasteiger partial charge in [-0.2, -0.15) is 26.3 Å². The number of rotatable bonds is 5. The van der Waals surface area contributed by atoms with E-state index in [1.54, 1.807) is 0 Å². The largest absolute Gasteiger partial charge is 0.479 e. The lowest BCUT2D eigenvalue weighted by molar-refractivity contribution is -0.0376. The molecular weight excluding hydrogens is 346 g/mol. The highest BCUT2D eigenvalue weighted by Crippen LogP contribution is 2.37. The topological polar surface area (TPSA) is 35.5 Å². The van der Waals surface area contributed by atoms with Crippen LogP contribution in [0.2, 0.25) is 0 Å². The lowest BCUT2D eigenvalue weighted by Gasteiger charge is -2.11. The van der Waals surface area contributed by atoms with Crippen molar-refractivity contribution in [2.24, 2.45) is 0 Å². The van der Waals surface area contributed by atoms with Crippen molar-refractivity contribution in [1.29, 1.82) is 0 Å². The third-order valence-electron chi connectivity index (χ3n) is 1.75. The number of halogens is 6. The molecule has 0 radical (unpaired) electrons. The minimum atomic E-state index is -4.70. The monoisotopic (exact) mass is 352 g/mol. The molecule has 0 aliphatic heterocycles.